The van der Waals surface area contributed by atoms with Crippen molar-refractivity contribution in [3.63, 3.8) is 0 Å². The number of hydrogen-bond donors (Lipinski definition) is 3. The van der Waals surface area contributed by atoms with E-state index in [-0.39, 0.29) is 36.6 Å². The lowest BCUT2D eigenvalue weighted by Gasteiger charge is -2.37. The number of nitrogens with zero attached hydrogens (tertiary/aromatic N) is 2. The number of aldehydes is 1. The Morgan fingerprint density at radius 1 is 1.18 bits per heavy atom. The van der Waals surface area contributed by atoms with E-state index in [4.69, 9.17) is 4.74 Å². The standard InChI is InChI=1S/C23H34N4O5.C6H7F3O.C2H6/c1-16(12-27(25-4)11-10-17-8-6-7-9-18(17)21(29)30)20(28)26-13-19(22(31)32-5)23(2,15-26)14-24-3;7-6(8,9)5(4-10)2-1-3-5;1-2/h6-9,12,19,24-25H,10-11,13-15H2,1-5H3,(H,29,30);4H,1-3H2;1-2H3/b16-12+;;. The molecule has 0 bridgehead atoms. The van der Waals surface area contributed by atoms with Crippen LogP contribution in [-0.4, -0.2) is 92.7 Å². The summed E-state index contributed by atoms with van der Waals surface area (Å²) in [5.74, 6) is -1.82. The number of methoxy groups -OCH3 is 1. The highest BCUT2D eigenvalue weighted by Crippen LogP contribution is 2.51. The van der Waals surface area contributed by atoms with Gasteiger partial charge in [0.1, 0.15) is 11.7 Å². The second-order valence-electron chi connectivity index (χ2n) is 11.0. The summed E-state index contributed by atoms with van der Waals surface area (Å²) >= 11 is 0. The molecule has 0 aromatic heterocycles. The number of carbonyl (C=O) groups is 4. The zero-order valence-electron chi connectivity index (χ0n) is 26.7. The number of hydrogen-bond acceptors (Lipinski definition) is 8. The average molecular weight is 629 g/mol. The Hall–Kier alpha value is -3.45. The van der Waals surface area contributed by atoms with E-state index in [2.05, 4.69) is 10.7 Å². The van der Waals surface area contributed by atoms with Gasteiger partial charge in [-0.2, -0.15) is 13.2 Å². The van der Waals surface area contributed by atoms with Gasteiger partial charge in [0, 0.05) is 50.4 Å². The molecule has 13 heteroatoms. The van der Waals surface area contributed by atoms with Crippen LogP contribution in [0.3, 0.4) is 0 Å². The first-order chi connectivity index (χ1) is 20.7. The number of nitrogens with one attached hydrogen (secondary N) is 2. The highest BCUT2D eigenvalue weighted by molar-refractivity contribution is 5.93. The minimum atomic E-state index is -4.33. The van der Waals surface area contributed by atoms with Crippen LogP contribution in [0.1, 0.15) is 62.9 Å². The predicted octanol–water partition coefficient (Wildman–Crippen LogP) is 4.07. The number of alkyl halides is 3. The highest BCUT2D eigenvalue weighted by Gasteiger charge is 2.58. The molecular weight excluding hydrogens is 581 g/mol. The Kier molecular flexibility index (Phi) is 15.0. The summed E-state index contributed by atoms with van der Waals surface area (Å²) in [6, 6.07) is 6.88. The molecule has 1 amide bonds. The topological polar surface area (TPSA) is 128 Å². The van der Waals surface area contributed by atoms with E-state index in [0.29, 0.717) is 44.6 Å². The fraction of sp³-hybridized carbons (Fsp3) is 0.613. The lowest BCUT2D eigenvalue weighted by atomic mass is 9.69. The Bertz CT molecular complexity index is 1160. The van der Waals surface area contributed by atoms with Gasteiger partial charge < -0.3 is 29.9 Å². The van der Waals surface area contributed by atoms with E-state index in [0.717, 1.165) is 5.56 Å². The Morgan fingerprint density at radius 3 is 2.23 bits per heavy atom. The van der Waals surface area contributed by atoms with Crippen molar-refractivity contribution in [1.29, 1.82) is 0 Å². The van der Waals surface area contributed by atoms with Crippen molar-refractivity contribution in [3.05, 3.63) is 47.2 Å². The molecule has 1 saturated carbocycles. The third kappa shape index (κ3) is 9.52. The lowest BCUT2D eigenvalue weighted by Crippen LogP contribution is -2.45. The summed E-state index contributed by atoms with van der Waals surface area (Å²) in [7, 11) is 4.93. The van der Waals surface area contributed by atoms with Crippen molar-refractivity contribution < 1.29 is 42.2 Å². The lowest BCUT2D eigenvalue weighted by molar-refractivity contribution is -0.235. The van der Waals surface area contributed by atoms with Gasteiger partial charge in [0.15, 0.2) is 0 Å². The molecular formula is C31H47F3N4O6. The molecule has 1 saturated heterocycles. The van der Waals surface area contributed by atoms with Crippen molar-refractivity contribution in [2.24, 2.45) is 16.7 Å². The molecule has 2 unspecified atom stereocenters. The van der Waals surface area contributed by atoms with Crippen LogP contribution in [0.5, 0.6) is 0 Å². The monoisotopic (exact) mass is 628 g/mol. The molecule has 2 atom stereocenters. The third-order valence-electron chi connectivity index (χ3n) is 8.03. The molecule has 10 nitrogen and oxygen atoms in total. The van der Waals surface area contributed by atoms with Crippen molar-refractivity contribution in [2.75, 3.05) is 47.4 Å². The quantitative estimate of drug-likeness (QED) is 0.144. The van der Waals surface area contributed by atoms with Crippen LogP contribution in [0.15, 0.2) is 36.0 Å². The van der Waals surface area contributed by atoms with Gasteiger partial charge in [0.05, 0.1) is 18.6 Å². The number of carbonyl (C=O) groups excluding carboxylic acids is 3. The normalized spacial score (nSPS) is 20.6. The Labute approximate surface area is 258 Å². The van der Waals surface area contributed by atoms with Gasteiger partial charge in [-0.1, -0.05) is 45.4 Å². The van der Waals surface area contributed by atoms with E-state index in [1.54, 1.807) is 48.3 Å². The maximum atomic E-state index is 13.1. The molecule has 44 heavy (non-hydrogen) atoms. The van der Waals surface area contributed by atoms with Gasteiger partial charge in [0.2, 0.25) is 0 Å². The maximum Gasteiger partial charge on any atom is 0.401 e. The second kappa shape index (κ2) is 17.1. The number of ether oxygens (including phenoxy) is 1. The minimum Gasteiger partial charge on any atom is -0.478 e. The van der Waals surface area contributed by atoms with Gasteiger partial charge in [0.25, 0.3) is 5.91 Å². The van der Waals surface area contributed by atoms with Crippen LogP contribution in [0.25, 0.3) is 0 Å². The fourth-order valence-electron chi connectivity index (χ4n) is 5.28. The first kappa shape index (κ1) is 38.6. The van der Waals surface area contributed by atoms with Crippen molar-refractivity contribution in [2.45, 2.75) is 59.6 Å². The number of carboxylic acid groups (broad SMARTS) is 1. The summed E-state index contributed by atoms with van der Waals surface area (Å²) in [5, 5.41) is 14.2. The van der Waals surface area contributed by atoms with Gasteiger partial charge in [-0.15, -0.1) is 0 Å². The Balaban J connectivity index is 0.000000675. The van der Waals surface area contributed by atoms with Crippen LogP contribution < -0.4 is 10.7 Å². The minimum absolute atomic E-state index is 0.0278. The molecule has 1 aliphatic carbocycles. The SMILES string of the molecule is CC.CNCC1(C)CN(C(=O)/C(C)=C/N(CCc2ccccc2C(=O)O)NC)CC1C(=O)OC.O=CC1(C(F)(F)F)CCC1. The zero-order valence-corrected chi connectivity index (χ0v) is 26.7. The van der Waals surface area contributed by atoms with Gasteiger partial charge in [-0.05, 0) is 44.9 Å². The van der Waals surface area contributed by atoms with Gasteiger partial charge in [-0.3, -0.25) is 9.59 Å². The van der Waals surface area contributed by atoms with Crippen molar-refractivity contribution in [3.8, 4) is 0 Å². The first-order valence-electron chi connectivity index (χ1n) is 14.7. The largest absolute Gasteiger partial charge is 0.478 e. The number of halogens is 3. The van der Waals surface area contributed by atoms with E-state index in [1.165, 1.54) is 7.11 Å². The maximum absolute atomic E-state index is 13.1. The number of esters is 1. The van der Waals surface area contributed by atoms with Gasteiger partial charge in [-0.25, -0.2) is 10.2 Å². The van der Waals surface area contributed by atoms with Gasteiger partial charge >= 0.3 is 18.1 Å². The van der Waals surface area contributed by atoms with E-state index in [9.17, 15) is 37.5 Å². The molecule has 3 N–H and O–H groups in total. The molecule has 1 aromatic carbocycles. The first-order valence-corrected chi connectivity index (χ1v) is 14.7. The molecule has 1 aliphatic heterocycles. The third-order valence-corrected chi connectivity index (χ3v) is 8.03. The average Bonchev–Trinajstić information content (AvgIpc) is 3.31. The van der Waals surface area contributed by atoms with Crippen LogP contribution in [0.2, 0.25) is 0 Å². The molecule has 0 spiro atoms. The van der Waals surface area contributed by atoms with Crippen LogP contribution in [-0.2, 0) is 25.5 Å². The van der Waals surface area contributed by atoms with Crippen molar-refractivity contribution >= 4 is 24.1 Å². The number of rotatable bonds is 11. The summed E-state index contributed by atoms with van der Waals surface area (Å²) in [6.45, 7) is 9.54. The van der Waals surface area contributed by atoms with Crippen LogP contribution in [0, 0.1) is 16.7 Å². The van der Waals surface area contributed by atoms with E-state index < -0.39 is 28.9 Å². The molecule has 248 valence electrons. The molecule has 2 aliphatic rings. The van der Waals surface area contributed by atoms with Crippen molar-refractivity contribution in [1.82, 2.24) is 20.7 Å². The predicted molar refractivity (Wildman–Crippen MR) is 160 cm³/mol. The summed E-state index contributed by atoms with van der Waals surface area (Å²) in [5.41, 5.74) is 2.14. The highest BCUT2D eigenvalue weighted by atomic mass is 19.4. The number of aromatic carboxylic acids is 1. The summed E-state index contributed by atoms with van der Waals surface area (Å²) in [4.78, 5) is 48.6. The van der Waals surface area contributed by atoms with Crippen LogP contribution >= 0.6 is 0 Å². The van der Waals surface area contributed by atoms with E-state index in [1.807, 2.05) is 33.9 Å². The molecule has 1 heterocycles. The number of amides is 1. The number of benzene rings is 1. The molecule has 2 fully saturated rings. The van der Waals surface area contributed by atoms with Crippen LogP contribution in [0.4, 0.5) is 13.2 Å². The second-order valence-corrected chi connectivity index (χ2v) is 11.0. The smallest absolute Gasteiger partial charge is 0.401 e. The number of carboxylic acids is 1. The zero-order chi connectivity index (χ0) is 33.7. The number of hydrazine groups is 1. The molecule has 1 aromatic rings. The molecule has 3 rings (SSSR count). The Morgan fingerprint density at radius 2 is 1.80 bits per heavy atom. The summed E-state index contributed by atoms with van der Waals surface area (Å²) < 4.78 is 40.7. The fourth-order valence-corrected chi connectivity index (χ4v) is 5.28. The van der Waals surface area contributed by atoms with E-state index >= 15 is 0 Å². The molecule has 0 radical (unpaired) electrons. The summed E-state index contributed by atoms with van der Waals surface area (Å²) in [6.07, 6.45) is -1.62. The number of likely N-dealkylation sites (tertiary alicyclic amines) is 1.